The standard InChI is InChI=1S/C13H25BrN2/c14-7-2-1-3-8-15-9-5-11-16-10-4-6-13(16)12-15/h13H,1-12H2. The van der Waals surface area contributed by atoms with Gasteiger partial charge in [-0.25, -0.2) is 0 Å². The molecule has 0 aromatic rings. The van der Waals surface area contributed by atoms with E-state index in [0.29, 0.717) is 0 Å². The van der Waals surface area contributed by atoms with E-state index in [2.05, 4.69) is 25.7 Å². The fraction of sp³-hybridized carbons (Fsp3) is 1.00. The Morgan fingerprint density at radius 3 is 2.75 bits per heavy atom. The number of halogens is 1. The molecule has 16 heavy (non-hydrogen) atoms. The third-order valence-electron chi connectivity index (χ3n) is 4.00. The molecule has 0 N–H and O–H groups in total. The van der Waals surface area contributed by atoms with Crippen molar-refractivity contribution in [2.24, 2.45) is 0 Å². The molecule has 3 heteroatoms. The average molecular weight is 289 g/mol. The smallest absolute Gasteiger partial charge is 0.0223 e. The molecular formula is C13H25BrN2. The molecule has 1 atom stereocenters. The van der Waals surface area contributed by atoms with E-state index in [1.165, 1.54) is 76.6 Å². The lowest BCUT2D eigenvalue weighted by Gasteiger charge is -2.25. The number of hydrogen-bond donors (Lipinski definition) is 0. The van der Waals surface area contributed by atoms with Crippen LogP contribution >= 0.6 is 15.9 Å². The van der Waals surface area contributed by atoms with Gasteiger partial charge in [0.15, 0.2) is 0 Å². The van der Waals surface area contributed by atoms with Gasteiger partial charge in [0.1, 0.15) is 0 Å². The molecule has 0 bridgehead atoms. The van der Waals surface area contributed by atoms with E-state index in [4.69, 9.17) is 0 Å². The van der Waals surface area contributed by atoms with Crippen LogP contribution in [-0.4, -0.2) is 53.9 Å². The van der Waals surface area contributed by atoms with Crippen molar-refractivity contribution in [3.63, 3.8) is 0 Å². The summed E-state index contributed by atoms with van der Waals surface area (Å²) < 4.78 is 0. The van der Waals surface area contributed by atoms with Crippen molar-refractivity contribution in [3.8, 4) is 0 Å². The topological polar surface area (TPSA) is 6.48 Å². The van der Waals surface area contributed by atoms with Crippen LogP contribution in [-0.2, 0) is 0 Å². The number of rotatable bonds is 5. The van der Waals surface area contributed by atoms with Crippen LogP contribution < -0.4 is 0 Å². The third kappa shape index (κ3) is 3.71. The van der Waals surface area contributed by atoms with Gasteiger partial charge < -0.3 is 4.90 Å². The van der Waals surface area contributed by atoms with Gasteiger partial charge in [0.25, 0.3) is 0 Å². The highest BCUT2D eigenvalue weighted by Gasteiger charge is 2.28. The minimum absolute atomic E-state index is 0.888. The maximum absolute atomic E-state index is 3.50. The van der Waals surface area contributed by atoms with Crippen molar-refractivity contribution in [1.29, 1.82) is 0 Å². The number of nitrogens with zero attached hydrogens (tertiary/aromatic N) is 2. The Morgan fingerprint density at radius 2 is 1.88 bits per heavy atom. The maximum Gasteiger partial charge on any atom is 0.0223 e. The normalized spacial score (nSPS) is 27.9. The zero-order valence-corrected chi connectivity index (χ0v) is 11.9. The van der Waals surface area contributed by atoms with Crippen LogP contribution in [0.4, 0.5) is 0 Å². The first-order chi connectivity index (χ1) is 7.90. The number of fused-ring (bicyclic) bond motifs is 1. The second-order valence-corrected chi connectivity index (χ2v) is 6.03. The molecule has 0 spiro atoms. The highest BCUT2D eigenvalue weighted by molar-refractivity contribution is 9.09. The second-order valence-electron chi connectivity index (χ2n) is 5.24. The first kappa shape index (κ1) is 12.8. The summed E-state index contributed by atoms with van der Waals surface area (Å²) in [5.74, 6) is 0. The summed E-state index contributed by atoms with van der Waals surface area (Å²) in [5, 5.41) is 1.17. The predicted molar refractivity (Wildman–Crippen MR) is 73.3 cm³/mol. The molecule has 2 saturated heterocycles. The molecule has 0 aliphatic carbocycles. The molecule has 0 radical (unpaired) electrons. The molecule has 0 saturated carbocycles. The van der Waals surface area contributed by atoms with Crippen molar-refractivity contribution in [1.82, 2.24) is 9.80 Å². The van der Waals surface area contributed by atoms with Crippen molar-refractivity contribution in [2.75, 3.05) is 38.1 Å². The molecule has 94 valence electrons. The van der Waals surface area contributed by atoms with Crippen LogP contribution in [0.1, 0.15) is 38.5 Å². The Bertz CT molecular complexity index is 198. The van der Waals surface area contributed by atoms with E-state index in [1.54, 1.807) is 0 Å². The van der Waals surface area contributed by atoms with Gasteiger partial charge in [-0.05, 0) is 58.3 Å². The largest absolute Gasteiger partial charge is 0.302 e. The lowest BCUT2D eigenvalue weighted by atomic mass is 10.2. The summed E-state index contributed by atoms with van der Waals surface area (Å²) in [4.78, 5) is 5.43. The van der Waals surface area contributed by atoms with Gasteiger partial charge in [-0.1, -0.05) is 22.4 Å². The van der Waals surface area contributed by atoms with Crippen molar-refractivity contribution < 1.29 is 0 Å². The van der Waals surface area contributed by atoms with Crippen LogP contribution in [0.25, 0.3) is 0 Å². The molecule has 2 heterocycles. The van der Waals surface area contributed by atoms with E-state index in [1.807, 2.05) is 0 Å². The van der Waals surface area contributed by atoms with E-state index in [-0.39, 0.29) is 0 Å². The van der Waals surface area contributed by atoms with Gasteiger partial charge in [-0.3, -0.25) is 4.90 Å². The summed E-state index contributed by atoms with van der Waals surface area (Å²) in [7, 11) is 0. The lowest BCUT2D eigenvalue weighted by molar-refractivity contribution is 0.218. The highest BCUT2D eigenvalue weighted by atomic mass is 79.9. The maximum atomic E-state index is 3.50. The summed E-state index contributed by atoms with van der Waals surface area (Å²) in [6, 6.07) is 0.888. The molecule has 1 unspecified atom stereocenters. The van der Waals surface area contributed by atoms with Crippen LogP contribution in [0, 0.1) is 0 Å². The SMILES string of the molecule is BrCCCCCN1CCCN2CCCC2C1. The van der Waals surface area contributed by atoms with Crippen LogP contribution in [0.15, 0.2) is 0 Å². The third-order valence-corrected chi connectivity index (χ3v) is 4.56. The lowest BCUT2D eigenvalue weighted by Crippen LogP contribution is -2.37. The highest BCUT2D eigenvalue weighted by Crippen LogP contribution is 2.21. The molecule has 0 amide bonds. The van der Waals surface area contributed by atoms with E-state index in [9.17, 15) is 0 Å². The monoisotopic (exact) mass is 288 g/mol. The minimum Gasteiger partial charge on any atom is -0.302 e. The fourth-order valence-electron chi connectivity index (χ4n) is 3.09. The van der Waals surface area contributed by atoms with E-state index in [0.717, 1.165) is 6.04 Å². The van der Waals surface area contributed by atoms with Crippen molar-refractivity contribution in [2.45, 2.75) is 44.6 Å². The first-order valence-electron chi connectivity index (χ1n) is 6.92. The average Bonchev–Trinajstić information content (AvgIpc) is 2.63. The summed E-state index contributed by atoms with van der Waals surface area (Å²) in [6.45, 7) is 6.72. The predicted octanol–water partition coefficient (Wildman–Crippen LogP) is 2.72. The number of unbranched alkanes of at least 4 members (excludes halogenated alkanes) is 2. The Balaban J connectivity index is 1.69. The van der Waals surface area contributed by atoms with E-state index >= 15 is 0 Å². The van der Waals surface area contributed by atoms with Crippen molar-refractivity contribution in [3.05, 3.63) is 0 Å². The van der Waals surface area contributed by atoms with E-state index < -0.39 is 0 Å². The Morgan fingerprint density at radius 1 is 1.00 bits per heavy atom. The zero-order valence-electron chi connectivity index (χ0n) is 10.3. The Hall–Kier alpha value is 0.400. The number of alkyl halides is 1. The fourth-order valence-corrected chi connectivity index (χ4v) is 3.49. The van der Waals surface area contributed by atoms with Gasteiger partial charge in [-0.15, -0.1) is 0 Å². The summed E-state index contributed by atoms with van der Waals surface area (Å²) in [6.07, 6.45) is 8.37. The molecular weight excluding hydrogens is 264 g/mol. The molecule has 2 aliphatic rings. The van der Waals surface area contributed by atoms with Crippen LogP contribution in [0.5, 0.6) is 0 Å². The van der Waals surface area contributed by atoms with Gasteiger partial charge in [0.2, 0.25) is 0 Å². The van der Waals surface area contributed by atoms with Crippen LogP contribution in [0.3, 0.4) is 0 Å². The molecule has 2 rings (SSSR count). The van der Waals surface area contributed by atoms with Crippen molar-refractivity contribution >= 4 is 15.9 Å². The quantitative estimate of drug-likeness (QED) is 0.567. The van der Waals surface area contributed by atoms with Gasteiger partial charge >= 0.3 is 0 Å². The molecule has 0 aromatic heterocycles. The molecule has 2 aliphatic heterocycles. The minimum atomic E-state index is 0.888. The Kier molecular flexibility index (Phi) is 5.60. The van der Waals surface area contributed by atoms with Crippen LogP contribution in [0.2, 0.25) is 0 Å². The second kappa shape index (κ2) is 6.97. The summed E-state index contributed by atoms with van der Waals surface area (Å²) >= 11 is 3.50. The first-order valence-corrected chi connectivity index (χ1v) is 8.04. The number of hydrogen-bond acceptors (Lipinski definition) is 2. The molecule has 2 fully saturated rings. The molecule has 2 nitrogen and oxygen atoms in total. The summed E-state index contributed by atoms with van der Waals surface area (Å²) in [5.41, 5.74) is 0. The molecule has 0 aromatic carbocycles. The van der Waals surface area contributed by atoms with Gasteiger partial charge in [-0.2, -0.15) is 0 Å². The van der Waals surface area contributed by atoms with Gasteiger partial charge in [0.05, 0.1) is 0 Å². The zero-order chi connectivity index (χ0) is 11.2. The Labute approximate surface area is 108 Å². The van der Waals surface area contributed by atoms with Gasteiger partial charge in [0, 0.05) is 17.9 Å².